The Balaban J connectivity index is 2.46. The first kappa shape index (κ1) is 12.4. The quantitative estimate of drug-likeness (QED) is 0.625. The second-order valence-corrected chi connectivity index (χ2v) is 3.88. The van der Waals surface area contributed by atoms with Crippen LogP contribution < -0.4 is 5.73 Å². The number of methoxy groups -OCH3 is 2. The Labute approximate surface area is 90.5 Å². The summed E-state index contributed by atoms with van der Waals surface area (Å²) in [6.07, 6.45) is 1.06. The van der Waals surface area contributed by atoms with Crippen molar-refractivity contribution in [3.8, 4) is 0 Å². The lowest BCUT2D eigenvalue weighted by Crippen LogP contribution is -2.45. The predicted octanol–water partition coefficient (Wildman–Crippen LogP) is -0.545. The predicted molar refractivity (Wildman–Crippen MR) is 56.4 cm³/mol. The van der Waals surface area contributed by atoms with Crippen LogP contribution in [0.2, 0.25) is 0 Å². The first-order valence-corrected chi connectivity index (χ1v) is 5.23. The molecule has 2 unspecified atom stereocenters. The average molecular weight is 216 g/mol. The van der Waals surface area contributed by atoms with Crippen molar-refractivity contribution in [1.29, 1.82) is 0 Å². The number of nitrogens with two attached hydrogens (primary N) is 1. The molecular weight excluding hydrogens is 196 g/mol. The van der Waals surface area contributed by atoms with Crippen LogP contribution in [0, 0.1) is 5.92 Å². The molecule has 0 aromatic heterocycles. The van der Waals surface area contributed by atoms with Gasteiger partial charge in [-0.1, -0.05) is 0 Å². The molecule has 1 aliphatic rings. The van der Waals surface area contributed by atoms with Gasteiger partial charge in [0.05, 0.1) is 13.7 Å². The van der Waals surface area contributed by atoms with Crippen LogP contribution in [0.15, 0.2) is 0 Å². The van der Waals surface area contributed by atoms with Crippen molar-refractivity contribution in [2.24, 2.45) is 11.7 Å². The van der Waals surface area contributed by atoms with Crippen LogP contribution >= 0.6 is 0 Å². The number of rotatable bonds is 5. The molecule has 0 saturated carbocycles. The van der Waals surface area contributed by atoms with Crippen LogP contribution in [0.1, 0.15) is 6.42 Å². The largest absolute Gasteiger partial charge is 0.468 e. The molecule has 1 aliphatic heterocycles. The Morgan fingerprint density at radius 3 is 2.87 bits per heavy atom. The van der Waals surface area contributed by atoms with E-state index in [2.05, 4.69) is 4.90 Å². The Hall–Kier alpha value is -0.650. The lowest BCUT2D eigenvalue weighted by molar-refractivity contribution is -0.146. The Morgan fingerprint density at radius 2 is 2.33 bits per heavy atom. The number of esters is 1. The third-order valence-electron chi connectivity index (χ3n) is 2.86. The van der Waals surface area contributed by atoms with E-state index in [0.29, 0.717) is 12.5 Å². The van der Waals surface area contributed by atoms with Gasteiger partial charge in [0.2, 0.25) is 0 Å². The van der Waals surface area contributed by atoms with Crippen LogP contribution in [0.3, 0.4) is 0 Å². The number of hydrogen-bond acceptors (Lipinski definition) is 5. The molecule has 88 valence electrons. The summed E-state index contributed by atoms with van der Waals surface area (Å²) in [6, 6.07) is -0.295. The molecule has 1 rings (SSSR count). The third-order valence-corrected chi connectivity index (χ3v) is 2.86. The molecule has 1 saturated heterocycles. The highest BCUT2D eigenvalue weighted by molar-refractivity contribution is 5.76. The molecule has 5 nitrogen and oxygen atoms in total. The second-order valence-electron chi connectivity index (χ2n) is 3.88. The lowest BCUT2D eigenvalue weighted by atomic mass is 10.1. The van der Waals surface area contributed by atoms with E-state index in [1.165, 1.54) is 7.11 Å². The van der Waals surface area contributed by atoms with Gasteiger partial charge in [0.15, 0.2) is 0 Å². The summed E-state index contributed by atoms with van der Waals surface area (Å²) >= 11 is 0. The van der Waals surface area contributed by atoms with Gasteiger partial charge in [0.25, 0.3) is 0 Å². The average Bonchev–Trinajstić information content (AvgIpc) is 2.68. The van der Waals surface area contributed by atoms with Crippen LogP contribution in [0.5, 0.6) is 0 Å². The van der Waals surface area contributed by atoms with E-state index in [0.717, 1.165) is 26.1 Å². The van der Waals surface area contributed by atoms with Crippen LogP contribution in [0.4, 0.5) is 0 Å². The van der Waals surface area contributed by atoms with E-state index in [1.807, 2.05) is 0 Å². The smallest absolute Gasteiger partial charge is 0.324 e. The second kappa shape index (κ2) is 6.05. The van der Waals surface area contributed by atoms with E-state index < -0.39 is 0 Å². The standard InChI is InChI=1S/C10H20N2O3/c1-14-7-8-3-4-12(6-8)9(5-11)10(13)15-2/h8-9H,3-7,11H2,1-2H3. The van der Waals surface area contributed by atoms with Gasteiger partial charge in [-0.2, -0.15) is 0 Å². The van der Waals surface area contributed by atoms with E-state index in [4.69, 9.17) is 15.2 Å². The van der Waals surface area contributed by atoms with Crippen molar-refractivity contribution in [3.63, 3.8) is 0 Å². The summed E-state index contributed by atoms with van der Waals surface area (Å²) in [7, 11) is 3.09. The highest BCUT2D eigenvalue weighted by Gasteiger charge is 2.31. The normalized spacial score (nSPS) is 24.1. The number of hydrogen-bond donors (Lipinski definition) is 1. The zero-order valence-electron chi connectivity index (χ0n) is 9.44. The summed E-state index contributed by atoms with van der Waals surface area (Å²) < 4.78 is 9.82. The van der Waals surface area contributed by atoms with Crippen LogP contribution in [-0.2, 0) is 14.3 Å². The number of nitrogens with zero attached hydrogens (tertiary/aromatic N) is 1. The minimum Gasteiger partial charge on any atom is -0.468 e. The first-order valence-electron chi connectivity index (χ1n) is 5.23. The molecule has 0 radical (unpaired) electrons. The third kappa shape index (κ3) is 3.15. The molecule has 2 atom stereocenters. The van der Waals surface area contributed by atoms with Gasteiger partial charge in [-0.05, 0) is 18.9 Å². The molecule has 2 N–H and O–H groups in total. The van der Waals surface area contributed by atoms with Crippen LogP contribution in [-0.4, -0.2) is 57.4 Å². The summed E-state index contributed by atoms with van der Waals surface area (Å²) in [6.45, 7) is 2.82. The van der Waals surface area contributed by atoms with Gasteiger partial charge < -0.3 is 15.2 Å². The zero-order valence-corrected chi connectivity index (χ0v) is 9.44. The van der Waals surface area contributed by atoms with E-state index in [9.17, 15) is 4.79 Å². The maximum atomic E-state index is 11.4. The number of ether oxygens (including phenoxy) is 2. The van der Waals surface area contributed by atoms with Gasteiger partial charge in [0.1, 0.15) is 6.04 Å². The van der Waals surface area contributed by atoms with Crippen molar-refractivity contribution in [2.75, 3.05) is 40.5 Å². The van der Waals surface area contributed by atoms with Gasteiger partial charge in [0, 0.05) is 20.2 Å². The summed E-state index contributed by atoms with van der Waals surface area (Å²) in [4.78, 5) is 13.5. The molecule has 0 aliphatic carbocycles. The van der Waals surface area contributed by atoms with Crippen molar-refractivity contribution in [3.05, 3.63) is 0 Å². The number of likely N-dealkylation sites (tertiary alicyclic amines) is 1. The van der Waals surface area contributed by atoms with Gasteiger partial charge in [-0.3, -0.25) is 9.69 Å². The molecule has 1 fully saturated rings. The fourth-order valence-corrected chi connectivity index (χ4v) is 2.05. The van der Waals surface area contributed by atoms with E-state index in [-0.39, 0.29) is 12.0 Å². The van der Waals surface area contributed by atoms with Crippen molar-refractivity contribution in [1.82, 2.24) is 4.90 Å². The molecule has 0 spiro atoms. The zero-order chi connectivity index (χ0) is 11.3. The molecule has 0 bridgehead atoms. The molecule has 15 heavy (non-hydrogen) atoms. The fourth-order valence-electron chi connectivity index (χ4n) is 2.05. The molecular formula is C10H20N2O3. The molecule has 1 heterocycles. The van der Waals surface area contributed by atoms with Gasteiger partial charge >= 0.3 is 5.97 Å². The maximum absolute atomic E-state index is 11.4. The summed E-state index contributed by atoms with van der Waals surface area (Å²) in [5, 5.41) is 0. The summed E-state index contributed by atoms with van der Waals surface area (Å²) in [5.74, 6) is 0.268. The Kier molecular flexibility index (Phi) is 5.01. The number of carbonyl (C=O) groups is 1. The SMILES string of the molecule is COCC1CCN(C(CN)C(=O)OC)C1. The maximum Gasteiger partial charge on any atom is 0.324 e. The summed E-state index contributed by atoms with van der Waals surface area (Å²) in [5.41, 5.74) is 5.57. The minimum atomic E-state index is -0.295. The van der Waals surface area contributed by atoms with Gasteiger partial charge in [-0.25, -0.2) is 0 Å². The van der Waals surface area contributed by atoms with Crippen molar-refractivity contribution < 1.29 is 14.3 Å². The van der Waals surface area contributed by atoms with E-state index in [1.54, 1.807) is 7.11 Å². The molecule has 5 heteroatoms. The fraction of sp³-hybridized carbons (Fsp3) is 0.900. The lowest BCUT2D eigenvalue weighted by Gasteiger charge is -2.24. The molecule has 0 amide bonds. The molecule has 0 aromatic carbocycles. The molecule has 0 aromatic rings. The Bertz CT molecular complexity index is 211. The minimum absolute atomic E-state index is 0.240. The van der Waals surface area contributed by atoms with Gasteiger partial charge in [-0.15, -0.1) is 0 Å². The van der Waals surface area contributed by atoms with Crippen molar-refractivity contribution >= 4 is 5.97 Å². The number of carbonyl (C=O) groups excluding carboxylic acids is 1. The first-order chi connectivity index (χ1) is 7.22. The van der Waals surface area contributed by atoms with Crippen molar-refractivity contribution in [2.45, 2.75) is 12.5 Å². The van der Waals surface area contributed by atoms with Crippen LogP contribution in [0.25, 0.3) is 0 Å². The Morgan fingerprint density at radius 1 is 1.60 bits per heavy atom. The highest BCUT2D eigenvalue weighted by Crippen LogP contribution is 2.18. The monoisotopic (exact) mass is 216 g/mol. The highest BCUT2D eigenvalue weighted by atomic mass is 16.5. The topological polar surface area (TPSA) is 64.8 Å². The van der Waals surface area contributed by atoms with E-state index >= 15 is 0 Å².